The molecule has 1 unspecified atom stereocenters. The van der Waals surface area contributed by atoms with Crippen LogP contribution in [0.4, 0.5) is 0 Å². The lowest BCUT2D eigenvalue weighted by Crippen LogP contribution is -2.61. The van der Waals surface area contributed by atoms with Crippen LogP contribution in [0.25, 0.3) is 0 Å². The predicted octanol–water partition coefficient (Wildman–Crippen LogP) is 3.36. The Morgan fingerprint density at radius 2 is 2.21 bits per heavy atom. The minimum Gasteiger partial charge on any atom is -0.313 e. The van der Waals surface area contributed by atoms with E-state index in [2.05, 4.69) is 49.5 Å². The van der Waals surface area contributed by atoms with Crippen molar-refractivity contribution in [1.82, 2.24) is 5.32 Å². The van der Waals surface area contributed by atoms with Crippen LogP contribution in [-0.4, -0.2) is 12.6 Å². The summed E-state index contributed by atoms with van der Waals surface area (Å²) < 4.78 is 0. The largest absolute Gasteiger partial charge is 0.313 e. The highest BCUT2D eigenvalue weighted by atomic mass is 15.0. The Bertz CT molecular complexity index is 545. The Morgan fingerprint density at radius 3 is 3.11 bits per heavy atom. The Labute approximate surface area is 116 Å². The number of nitrogens with one attached hydrogen (secondary N) is 1. The van der Waals surface area contributed by atoms with E-state index in [9.17, 15) is 0 Å². The van der Waals surface area contributed by atoms with Crippen LogP contribution in [-0.2, 0) is 11.8 Å². The van der Waals surface area contributed by atoms with Crippen LogP contribution >= 0.6 is 0 Å². The maximum Gasteiger partial charge on any atom is 0.0179 e. The minimum atomic E-state index is 0.406. The van der Waals surface area contributed by atoms with Crippen LogP contribution in [0, 0.1) is 18.8 Å². The summed E-state index contributed by atoms with van der Waals surface area (Å²) in [7, 11) is 0. The van der Waals surface area contributed by atoms with Gasteiger partial charge in [0.05, 0.1) is 0 Å². The van der Waals surface area contributed by atoms with Crippen molar-refractivity contribution in [3.63, 3.8) is 0 Å². The van der Waals surface area contributed by atoms with Crippen molar-refractivity contribution < 1.29 is 0 Å². The molecule has 1 heterocycles. The monoisotopic (exact) mass is 253 g/mol. The van der Waals surface area contributed by atoms with E-state index >= 15 is 0 Å². The van der Waals surface area contributed by atoms with Gasteiger partial charge in [-0.15, -0.1) is 0 Å². The molecule has 0 saturated carbocycles. The van der Waals surface area contributed by atoms with Gasteiger partial charge in [-0.1, -0.05) is 37.3 Å². The lowest BCUT2D eigenvalue weighted by molar-refractivity contribution is 0.0983. The fourth-order valence-electron chi connectivity index (χ4n) is 5.18. The molecule has 4 rings (SSSR count). The molecule has 0 radical (unpaired) electrons. The predicted molar refractivity (Wildman–Crippen MR) is 79.4 cm³/mol. The summed E-state index contributed by atoms with van der Waals surface area (Å²) in [5, 5.41) is 3.77. The SMILES string of the molecule is Cc1cccc2c1[C@]13CCN[C@H](C2)[C@@H]1C=CCC3C. The number of aryl methyl sites for hydroxylation is 1. The highest BCUT2D eigenvalue weighted by Gasteiger charge is 2.53. The molecule has 1 heteroatoms. The van der Waals surface area contributed by atoms with E-state index < -0.39 is 0 Å². The summed E-state index contributed by atoms with van der Waals surface area (Å²) in [6.07, 6.45) is 8.71. The summed E-state index contributed by atoms with van der Waals surface area (Å²) in [6.45, 7) is 5.98. The third-order valence-electron chi connectivity index (χ3n) is 5.95. The first-order valence-corrected chi connectivity index (χ1v) is 7.72. The quantitative estimate of drug-likeness (QED) is 0.699. The summed E-state index contributed by atoms with van der Waals surface area (Å²) >= 11 is 0. The lowest BCUT2D eigenvalue weighted by Gasteiger charge is -2.57. The van der Waals surface area contributed by atoms with Crippen LogP contribution in [0.3, 0.4) is 0 Å². The van der Waals surface area contributed by atoms with Gasteiger partial charge in [-0.05, 0) is 55.3 Å². The fraction of sp³-hybridized carbons (Fsp3) is 0.556. The smallest absolute Gasteiger partial charge is 0.0179 e. The molecule has 4 atom stereocenters. The van der Waals surface area contributed by atoms with E-state index in [0.717, 1.165) is 5.92 Å². The number of fused-ring (bicyclic) bond motifs is 1. The van der Waals surface area contributed by atoms with Crippen molar-refractivity contribution in [2.45, 2.75) is 44.6 Å². The molecule has 1 aromatic carbocycles. The molecule has 0 spiro atoms. The zero-order valence-electron chi connectivity index (χ0n) is 11.9. The number of hydrogen-bond acceptors (Lipinski definition) is 1. The first kappa shape index (κ1) is 11.7. The molecule has 3 aliphatic rings. The highest BCUT2D eigenvalue weighted by Crippen LogP contribution is 2.55. The zero-order chi connectivity index (χ0) is 13.0. The number of rotatable bonds is 0. The molecule has 2 bridgehead atoms. The van der Waals surface area contributed by atoms with Crippen molar-refractivity contribution in [3.05, 3.63) is 47.0 Å². The molecule has 0 amide bonds. The molecule has 1 fully saturated rings. The van der Waals surface area contributed by atoms with E-state index in [-0.39, 0.29) is 0 Å². The molecule has 0 aromatic heterocycles. The second-order valence-corrected chi connectivity index (χ2v) is 6.75. The van der Waals surface area contributed by atoms with Crippen LogP contribution in [0.1, 0.15) is 36.5 Å². The van der Waals surface area contributed by atoms with Gasteiger partial charge in [-0.3, -0.25) is 0 Å². The van der Waals surface area contributed by atoms with Crippen LogP contribution in [0.2, 0.25) is 0 Å². The molecular formula is C18H23N. The average molecular weight is 253 g/mol. The summed E-state index contributed by atoms with van der Waals surface area (Å²) in [4.78, 5) is 0. The van der Waals surface area contributed by atoms with Gasteiger partial charge in [0.15, 0.2) is 0 Å². The number of allylic oxidation sites excluding steroid dienone is 1. The van der Waals surface area contributed by atoms with E-state index in [1.807, 2.05) is 0 Å². The minimum absolute atomic E-state index is 0.406. The van der Waals surface area contributed by atoms with E-state index in [0.29, 0.717) is 17.4 Å². The van der Waals surface area contributed by atoms with Gasteiger partial charge in [0.2, 0.25) is 0 Å². The number of piperidine rings is 1. The second-order valence-electron chi connectivity index (χ2n) is 6.75. The zero-order valence-corrected chi connectivity index (χ0v) is 11.9. The maximum absolute atomic E-state index is 3.77. The molecule has 1 nitrogen and oxygen atoms in total. The molecule has 1 N–H and O–H groups in total. The molecule has 19 heavy (non-hydrogen) atoms. The van der Waals surface area contributed by atoms with Gasteiger partial charge >= 0.3 is 0 Å². The Kier molecular flexibility index (Phi) is 2.44. The molecular weight excluding hydrogens is 230 g/mol. The van der Waals surface area contributed by atoms with Crippen molar-refractivity contribution in [3.8, 4) is 0 Å². The van der Waals surface area contributed by atoms with Crippen LogP contribution in [0.15, 0.2) is 30.4 Å². The van der Waals surface area contributed by atoms with E-state index in [1.54, 1.807) is 11.1 Å². The number of hydrogen-bond donors (Lipinski definition) is 1. The molecule has 1 aromatic rings. The summed E-state index contributed by atoms with van der Waals surface area (Å²) in [6, 6.07) is 7.58. The fourth-order valence-corrected chi connectivity index (χ4v) is 5.18. The summed E-state index contributed by atoms with van der Waals surface area (Å²) in [5.74, 6) is 1.48. The highest BCUT2D eigenvalue weighted by molar-refractivity contribution is 5.48. The van der Waals surface area contributed by atoms with Crippen molar-refractivity contribution in [2.24, 2.45) is 11.8 Å². The second kappa shape index (κ2) is 3.96. The summed E-state index contributed by atoms with van der Waals surface area (Å²) in [5.41, 5.74) is 5.24. The van der Waals surface area contributed by atoms with Crippen LogP contribution < -0.4 is 5.32 Å². The molecule has 100 valence electrons. The Hall–Kier alpha value is -1.08. The molecule has 1 saturated heterocycles. The normalized spacial score (nSPS) is 39.6. The topological polar surface area (TPSA) is 12.0 Å². The first-order valence-electron chi connectivity index (χ1n) is 7.72. The lowest BCUT2D eigenvalue weighted by atomic mass is 9.50. The Balaban J connectivity index is 2.01. The first-order chi connectivity index (χ1) is 9.23. The van der Waals surface area contributed by atoms with Gasteiger partial charge < -0.3 is 5.32 Å². The van der Waals surface area contributed by atoms with Crippen LogP contribution in [0.5, 0.6) is 0 Å². The van der Waals surface area contributed by atoms with Crippen molar-refractivity contribution >= 4 is 0 Å². The van der Waals surface area contributed by atoms with Gasteiger partial charge in [0.1, 0.15) is 0 Å². The van der Waals surface area contributed by atoms with Gasteiger partial charge in [0.25, 0.3) is 0 Å². The Morgan fingerprint density at radius 1 is 1.32 bits per heavy atom. The molecule has 1 aliphatic heterocycles. The number of benzene rings is 1. The third kappa shape index (κ3) is 1.40. The maximum atomic E-state index is 3.77. The standard InChI is InChI=1S/C18H23N/c1-12-5-3-7-14-11-16-15-8-4-6-13(2)18(15,17(12)14)9-10-19-16/h3-5,7-8,13,15-16,19H,6,9-11H2,1-2H3/t13?,15-,16+,18-/m0/s1. The van der Waals surface area contributed by atoms with Gasteiger partial charge in [-0.2, -0.15) is 0 Å². The van der Waals surface area contributed by atoms with Crippen molar-refractivity contribution in [1.29, 1.82) is 0 Å². The third-order valence-corrected chi connectivity index (χ3v) is 5.95. The van der Waals surface area contributed by atoms with E-state index in [1.165, 1.54) is 31.4 Å². The van der Waals surface area contributed by atoms with E-state index in [4.69, 9.17) is 0 Å². The van der Waals surface area contributed by atoms with Gasteiger partial charge in [-0.25, -0.2) is 0 Å². The van der Waals surface area contributed by atoms with Crippen molar-refractivity contribution in [2.75, 3.05) is 6.54 Å². The molecule has 2 aliphatic carbocycles. The van der Waals surface area contributed by atoms with Gasteiger partial charge in [0, 0.05) is 17.4 Å². The average Bonchev–Trinajstić information content (AvgIpc) is 2.39.